The maximum atomic E-state index is 13.3. The molecule has 4 unspecified atom stereocenters. The lowest BCUT2D eigenvalue weighted by Crippen LogP contribution is -2.55. The van der Waals surface area contributed by atoms with Crippen LogP contribution in [0.25, 0.3) is 0 Å². The molecule has 0 saturated heterocycles. The number of ether oxygens (including phenoxy) is 1. The van der Waals surface area contributed by atoms with Crippen molar-refractivity contribution in [3.05, 3.63) is 89.0 Å². The van der Waals surface area contributed by atoms with Gasteiger partial charge in [-0.1, -0.05) is 61.0 Å². The number of nitrogens with one attached hydrogen (secondary N) is 1. The van der Waals surface area contributed by atoms with E-state index in [9.17, 15) is 19.8 Å². The number of carbonyl (C=O) groups excluding carboxylic acids is 2. The molecule has 4 atom stereocenters. The molecule has 7 heteroatoms. The lowest BCUT2D eigenvalue weighted by molar-refractivity contribution is -0.132. The van der Waals surface area contributed by atoms with E-state index in [1.54, 1.807) is 17.1 Å². The van der Waals surface area contributed by atoms with Crippen molar-refractivity contribution >= 4 is 11.8 Å². The highest BCUT2D eigenvalue weighted by molar-refractivity contribution is 5.96. The molecule has 0 radical (unpaired) electrons. The van der Waals surface area contributed by atoms with Crippen LogP contribution in [0.5, 0.6) is 5.75 Å². The zero-order valence-corrected chi connectivity index (χ0v) is 20.1. The summed E-state index contributed by atoms with van der Waals surface area (Å²) in [5.74, 6) is -0.459. The van der Waals surface area contributed by atoms with E-state index in [1.807, 2.05) is 62.4 Å². The van der Waals surface area contributed by atoms with Crippen LogP contribution in [-0.4, -0.2) is 58.3 Å². The fraction of sp³-hybridized carbons (Fsp3) is 0.357. The Balaban J connectivity index is 1.76. The first kappa shape index (κ1) is 24.7. The minimum atomic E-state index is -1.05. The van der Waals surface area contributed by atoms with Crippen molar-refractivity contribution in [2.24, 2.45) is 0 Å². The van der Waals surface area contributed by atoms with E-state index in [1.165, 1.54) is 6.08 Å². The maximum absolute atomic E-state index is 13.3. The van der Waals surface area contributed by atoms with Gasteiger partial charge in [-0.3, -0.25) is 9.59 Å². The average Bonchev–Trinajstić information content (AvgIpc) is 3.26. The first-order chi connectivity index (χ1) is 16.9. The molecule has 7 nitrogen and oxygen atoms in total. The number of para-hydroxylation sites is 1. The third-order valence-electron chi connectivity index (χ3n) is 6.49. The van der Waals surface area contributed by atoms with E-state index in [0.29, 0.717) is 17.7 Å². The molecule has 2 amide bonds. The second kappa shape index (κ2) is 10.9. The van der Waals surface area contributed by atoms with Gasteiger partial charge in [0, 0.05) is 24.2 Å². The SMILES string of the molecule is CCC=CC(=O)N(Cc1ccc(C)cc1)C1C=C(C(=O)NCCO)C2c3ccccc3OC2C1O. The standard InChI is InChI=1S/C28H32N2O5/c1-3-4-9-24(32)30(17-19-12-10-18(2)11-13-19)22-16-21(28(34)29-14-15-31)25-20-7-5-6-8-23(20)35-27(25)26(22)33/h4-13,16,22,25-27,31,33H,3,14-15,17H2,1-2H3,(H,29,34). The summed E-state index contributed by atoms with van der Waals surface area (Å²) in [5, 5.41) is 23.4. The smallest absolute Gasteiger partial charge is 0.247 e. The Morgan fingerprint density at radius 1 is 1.14 bits per heavy atom. The van der Waals surface area contributed by atoms with Gasteiger partial charge in [-0.2, -0.15) is 0 Å². The molecule has 2 aromatic carbocycles. The average molecular weight is 477 g/mol. The lowest BCUT2D eigenvalue weighted by Gasteiger charge is -2.40. The summed E-state index contributed by atoms with van der Waals surface area (Å²) in [4.78, 5) is 28.1. The highest BCUT2D eigenvalue weighted by Gasteiger charge is 2.50. The monoisotopic (exact) mass is 476 g/mol. The molecular formula is C28H32N2O5. The van der Waals surface area contributed by atoms with Crippen molar-refractivity contribution in [2.45, 2.75) is 51.0 Å². The molecule has 2 aliphatic rings. The summed E-state index contributed by atoms with van der Waals surface area (Å²) in [6.07, 6.45) is 3.91. The van der Waals surface area contributed by atoms with Crippen LogP contribution in [0.4, 0.5) is 0 Å². The van der Waals surface area contributed by atoms with Crippen LogP contribution in [0, 0.1) is 6.92 Å². The zero-order chi connectivity index (χ0) is 24.9. The normalized spacial score (nSPS) is 22.7. The maximum Gasteiger partial charge on any atom is 0.247 e. The molecule has 4 rings (SSSR count). The number of fused-ring (bicyclic) bond motifs is 3. The van der Waals surface area contributed by atoms with Crippen molar-refractivity contribution in [1.82, 2.24) is 10.2 Å². The van der Waals surface area contributed by atoms with Gasteiger partial charge in [0.1, 0.15) is 18.0 Å². The number of rotatable bonds is 8. The van der Waals surface area contributed by atoms with Crippen LogP contribution in [0.3, 0.4) is 0 Å². The summed E-state index contributed by atoms with van der Waals surface area (Å²) in [6.45, 7) is 4.12. The summed E-state index contributed by atoms with van der Waals surface area (Å²) in [7, 11) is 0. The molecule has 1 aliphatic carbocycles. The predicted molar refractivity (Wildman–Crippen MR) is 133 cm³/mol. The van der Waals surface area contributed by atoms with E-state index in [2.05, 4.69) is 5.32 Å². The molecule has 1 aliphatic heterocycles. The number of benzene rings is 2. The molecule has 3 N–H and O–H groups in total. The Kier molecular flexibility index (Phi) is 7.68. The van der Waals surface area contributed by atoms with E-state index >= 15 is 0 Å². The fourth-order valence-electron chi connectivity index (χ4n) is 4.73. The van der Waals surface area contributed by atoms with Crippen molar-refractivity contribution in [3.63, 3.8) is 0 Å². The first-order valence-electron chi connectivity index (χ1n) is 12.0. The number of allylic oxidation sites excluding steroid dienone is 1. The Labute approximate surface area is 205 Å². The number of aliphatic hydroxyl groups excluding tert-OH is 2. The quantitative estimate of drug-likeness (QED) is 0.509. The second-order valence-electron chi connectivity index (χ2n) is 8.94. The molecule has 2 aromatic rings. The molecule has 0 spiro atoms. The van der Waals surface area contributed by atoms with E-state index in [4.69, 9.17) is 4.74 Å². The Morgan fingerprint density at radius 2 is 1.89 bits per heavy atom. The zero-order valence-electron chi connectivity index (χ0n) is 20.1. The summed E-state index contributed by atoms with van der Waals surface area (Å²) < 4.78 is 6.14. The van der Waals surface area contributed by atoms with Crippen LogP contribution >= 0.6 is 0 Å². The molecule has 0 bridgehead atoms. The minimum absolute atomic E-state index is 0.106. The molecule has 0 fully saturated rings. The molecular weight excluding hydrogens is 444 g/mol. The van der Waals surface area contributed by atoms with Crippen molar-refractivity contribution in [1.29, 1.82) is 0 Å². The van der Waals surface area contributed by atoms with Gasteiger partial charge in [0.2, 0.25) is 11.8 Å². The van der Waals surface area contributed by atoms with Crippen LogP contribution in [-0.2, 0) is 16.1 Å². The number of hydrogen-bond donors (Lipinski definition) is 3. The first-order valence-corrected chi connectivity index (χ1v) is 12.0. The molecule has 184 valence electrons. The van der Waals surface area contributed by atoms with Gasteiger partial charge in [-0.15, -0.1) is 0 Å². The Hall–Kier alpha value is -3.42. The number of aryl methyl sites for hydroxylation is 1. The Bertz CT molecular complexity index is 1120. The fourth-order valence-corrected chi connectivity index (χ4v) is 4.73. The highest BCUT2D eigenvalue weighted by Crippen LogP contribution is 2.47. The number of nitrogens with zero attached hydrogens (tertiary/aromatic N) is 1. The van der Waals surface area contributed by atoms with E-state index < -0.39 is 24.2 Å². The number of hydrogen-bond acceptors (Lipinski definition) is 5. The number of amides is 2. The number of carbonyl (C=O) groups is 2. The van der Waals surface area contributed by atoms with Crippen LogP contribution in [0.2, 0.25) is 0 Å². The largest absolute Gasteiger partial charge is 0.486 e. The minimum Gasteiger partial charge on any atom is -0.486 e. The summed E-state index contributed by atoms with van der Waals surface area (Å²) in [5.41, 5.74) is 3.27. The van der Waals surface area contributed by atoms with Gasteiger partial charge >= 0.3 is 0 Å². The van der Waals surface area contributed by atoms with Gasteiger partial charge in [-0.05, 0) is 37.1 Å². The Morgan fingerprint density at radius 3 is 2.60 bits per heavy atom. The third-order valence-corrected chi connectivity index (χ3v) is 6.49. The second-order valence-corrected chi connectivity index (χ2v) is 8.94. The van der Waals surface area contributed by atoms with Gasteiger partial charge in [-0.25, -0.2) is 0 Å². The number of aliphatic hydroxyl groups is 2. The van der Waals surface area contributed by atoms with Crippen LogP contribution < -0.4 is 10.1 Å². The molecule has 35 heavy (non-hydrogen) atoms. The van der Waals surface area contributed by atoms with Gasteiger partial charge < -0.3 is 25.2 Å². The van der Waals surface area contributed by atoms with E-state index in [-0.39, 0.29) is 31.5 Å². The summed E-state index contributed by atoms with van der Waals surface area (Å²) in [6, 6.07) is 14.5. The summed E-state index contributed by atoms with van der Waals surface area (Å²) >= 11 is 0. The van der Waals surface area contributed by atoms with E-state index in [0.717, 1.165) is 16.7 Å². The third kappa shape index (κ3) is 5.16. The lowest BCUT2D eigenvalue weighted by atomic mass is 9.77. The van der Waals surface area contributed by atoms with Gasteiger partial charge in [0.05, 0.1) is 18.6 Å². The van der Waals surface area contributed by atoms with Crippen molar-refractivity contribution < 1.29 is 24.5 Å². The molecule has 0 aromatic heterocycles. The highest BCUT2D eigenvalue weighted by atomic mass is 16.5. The van der Waals surface area contributed by atoms with Crippen LogP contribution in [0.15, 0.2) is 72.3 Å². The van der Waals surface area contributed by atoms with Gasteiger partial charge in [0.25, 0.3) is 0 Å². The molecule has 1 heterocycles. The van der Waals surface area contributed by atoms with Crippen molar-refractivity contribution in [2.75, 3.05) is 13.2 Å². The van der Waals surface area contributed by atoms with Crippen molar-refractivity contribution in [3.8, 4) is 5.75 Å². The van der Waals surface area contributed by atoms with Crippen LogP contribution in [0.1, 0.15) is 36.0 Å². The predicted octanol–water partition coefficient (Wildman–Crippen LogP) is 2.61. The molecule has 0 saturated carbocycles. The topological polar surface area (TPSA) is 99.1 Å². The van der Waals surface area contributed by atoms with Gasteiger partial charge in [0.15, 0.2) is 0 Å².